The summed E-state index contributed by atoms with van der Waals surface area (Å²) in [6.07, 6.45) is 3.84. The van der Waals surface area contributed by atoms with Crippen LogP contribution in [0.2, 0.25) is 0 Å². The SMILES string of the molecule is CCC(C)C(O)CNC(=O)c1ccc2c(c1)CCC2. The van der Waals surface area contributed by atoms with Crippen LogP contribution in [0.5, 0.6) is 0 Å². The number of rotatable bonds is 5. The lowest BCUT2D eigenvalue weighted by Crippen LogP contribution is -2.35. The zero-order valence-corrected chi connectivity index (χ0v) is 11.8. The number of fused-ring (bicyclic) bond motifs is 1. The highest BCUT2D eigenvalue weighted by molar-refractivity contribution is 5.94. The summed E-state index contributed by atoms with van der Waals surface area (Å²) in [5, 5.41) is 12.7. The van der Waals surface area contributed by atoms with E-state index in [9.17, 15) is 9.90 Å². The maximum atomic E-state index is 12.0. The zero-order valence-electron chi connectivity index (χ0n) is 11.8. The summed E-state index contributed by atoms with van der Waals surface area (Å²) in [6, 6.07) is 5.94. The van der Waals surface area contributed by atoms with Crippen molar-refractivity contribution in [3.8, 4) is 0 Å². The molecule has 0 saturated heterocycles. The molecular formula is C16H23NO2. The highest BCUT2D eigenvalue weighted by Gasteiger charge is 2.16. The van der Waals surface area contributed by atoms with Crippen LogP contribution in [-0.4, -0.2) is 23.7 Å². The standard InChI is InChI=1S/C16H23NO2/c1-3-11(2)15(18)10-17-16(19)14-8-7-12-5-4-6-13(12)9-14/h7-9,11,15,18H,3-6,10H2,1-2H3,(H,17,19). The van der Waals surface area contributed by atoms with Gasteiger partial charge in [-0.1, -0.05) is 26.3 Å². The number of benzene rings is 1. The molecule has 0 saturated carbocycles. The second kappa shape index (κ2) is 6.20. The summed E-state index contributed by atoms with van der Waals surface area (Å²) in [6.45, 7) is 4.35. The molecule has 2 atom stereocenters. The number of nitrogens with one attached hydrogen (secondary N) is 1. The van der Waals surface area contributed by atoms with Crippen molar-refractivity contribution >= 4 is 5.91 Å². The molecular weight excluding hydrogens is 238 g/mol. The number of amides is 1. The van der Waals surface area contributed by atoms with Gasteiger partial charge in [-0.05, 0) is 48.4 Å². The number of hydrogen-bond acceptors (Lipinski definition) is 2. The molecule has 1 aliphatic rings. The lowest BCUT2D eigenvalue weighted by Gasteiger charge is -2.17. The van der Waals surface area contributed by atoms with Gasteiger partial charge in [-0.3, -0.25) is 4.79 Å². The molecule has 0 fully saturated rings. The predicted octanol–water partition coefficient (Wildman–Crippen LogP) is 2.31. The van der Waals surface area contributed by atoms with Crippen LogP contribution in [0, 0.1) is 5.92 Å². The van der Waals surface area contributed by atoms with Crippen molar-refractivity contribution in [1.82, 2.24) is 5.32 Å². The van der Waals surface area contributed by atoms with Crippen LogP contribution in [0.1, 0.15) is 48.2 Å². The van der Waals surface area contributed by atoms with Crippen molar-refractivity contribution in [3.63, 3.8) is 0 Å². The van der Waals surface area contributed by atoms with Gasteiger partial charge in [-0.15, -0.1) is 0 Å². The number of carbonyl (C=O) groups excluding carboxylic acids is 1. The fourth-order valence-electron chi connectivity index (χ4n) is 2.49. The molecule has 0 aliphatic heterocycles. The molecule has 1 amide bonds. The predicted molar refractivity (Wildman–Crippen MR) is 76.3 cm³/mol. The normalized spacial score (nSPS) is 16.8. The van der Waals surface area contributed by atoms with E-state index in [0.717, 1.165) is 19.3 Å². The van der Waals surface area contributed by atoms with Crippen LogP contribution in [0.25, 0.3) is 0 Å². The second-order valence-electron chi connectivity index (χ2n) is 5.50. The van der Waals surface area contributed by atoms with E-state index in [4.69, 9.17) is 0 Å². The minimum absolute atomic E-state index is 0.0861. The van der Waals surface area contributed by atoms with Gasteiger partial charge in [-0.2, -0.15) is 0 Å². The Morgan fingerprint density at radius 2 is 2.11 bits per heavy atom. The third-order valence-corrected chi connectivity index (χ3v) is 4.13. The Labute approximate surface area is 115 Å². The Bertz CT molecular complexity index is 456. The van der Waals surface area contributed by atoms with Gasteiger partial charge < -0.3 is 10.4 Å². The smallest absolute Gasteiger partial charge is 0.251 e. The Kier molecular flexibility index (Phi) is 4.59. The number of aliphatic hydroxyl groups is 1. The van der Waals surface area contributed by atoms with Crippen LogP contribution < -0.4 is 5.32 Å². The first-order chi connectivity index (χ1) is 9.11. The van der Waals surface area contributed by atoms with Crippen molar-refractivity contribution in [2.24, 2.45) is 5.92 Å². The molecule has 0 radical (unpaired) electrons. The summed E-state index contributed by atoms with van der Waals surface area (Å²) in [7, 11) is 0. The van der Waals surface area contributed by atoms with Crippen molar-refractivity contribution in [2.45, 2.75) is 45.6 Å². The average Bonchev–Trinajstić information content (AvgIpc) is 2.90. The molecule has 3 nitrogen and oxygen atoms in total. The van der Waals surface area contributed by atoms with E-state index in [-0.39, 0.29) is 11.8 Å². The Balaban J connectivity index is 1.93. The molecule has 2 unspecified atom stereocenters. The quantitative estimate of drug-likeness (QED) is 0.854. The van der Waals surface area contributed by atoms with Gasteiger partial charge >= 0.3 is 0 Å². The van der Waals surface area contributed by atoms with E-state index in [1.54, 1.807) is 0 Å². The van der Waals surface area contributed by atoms with E-state index in [2.05, 4.69) is 11.4 Å². The van der Waals surface area contributed by atoms with Crippen LogP contribution in [0.15, 0.2) is 18.2 Å². The van der Waals surface area contributed by atoms with Gasteiger partial charge in [0.2, 0.25) is 0 Å². The van der Waals surface area contributed by atoms with E-state index in [1.165, 1.54) is 17.5 Å². The summed E-state index contributed by atoms with van der Waals surface area (Å²) in [5.41, 5.74) is 3.38. The first-order valence-electron chi connectivity index (χ1n) is 7.20. The van der Waals surface area contributed by atoms with E-state index in [1.807, 2.05) is 26.0 Å². The first kappa shape index (κ1) is 14.1. The minimum Gasteiger partial charge on any atom is -0.391 e. The Morgan fingerprint density at radius 3 is 2.84 bits per heavy atom. The molecule has 19 heavy (non-hydrogen) atoms. The molecule has 2 rings (SSSR count). The second-order valence-corrected chi connectivity index (χ2v) is 5.50. The Hall–Kier alpha value is -1.35. The summed E-state index contributed by atoms with van der Waals surface area (Å²) < 4.78 is 0. The molecule has 2 N–H and O–H groups in total. The van der Waals surface area contributed by atoms with Crippen molar-refractivity contribution in [2.75, 3.05) is 6.54 Å². The molecule has 0 heterocycles. The average molecular weight is 261 g/mol. The van der Waals surface area contributed by atoms with Crippen LogP contribution in [0.4, 0.5) is 0 Å². The van der Waals surface area contributed by atoms with Crippen LogP contribution in [-0.2, 0) is 12.8 Å². The van der Waals surface area contributed by atoms with Gasteiger partial charge in [-0.25, -0.2) is 0 Å². The number of aryl methyl sites for hydroxylation is 2. The third kappa shape index (κ3) is 3.35. The summed E-state index contributed by atoms with van der Waals surface area (Å²) >= 11 is 0. The number of carbonyl (C=O) groups is 1. The van der Waals surface area contributed by atoms with Crippen LogP contribution >= 0.6 is 0 Å². The topological polar surface area (TPSA) is 49.3 Å². The fourth-order valence-corrected chi connectivity index (χ4v) is 2.49. The molecule has 3 heteroatoms. The lowest BCUT2D eigenvalue weighted by molar-refractivity contribution is 0.0850. The molecule has 1 aliphatic carbocycles. The largest absolute Gasteiger partial charge is 0.391 e. The van der Waals surface area contributed by atoms with Crippen molar-refractivity contribution < 1.29 is 9.90 Å². The van der Waals surface area contributed by atoms with E-state index < -0.39 is 6.10 Å². The first-order valence-corrected chi connectivity index (χ1v) is 7.20. The fraction of sp³-hybridized carbons (Fsp3) is 0.562. The zero-order chi connectivity index (χ0) is 13.8. The summed E-state index contributed by atoms with van der Waals surface area (Å²) in [4.78, 5) is 12.0. The van der Waals surface area contributed by atoms with Gasteiger partial charge in [0.1, 0.15) is 0 Å². The maximum Gasteiger partial charge on any atom is 0.251 e. The third-order valence-electron chi connectivity index (χ3n) is 4.13. The highest BCUT2D eigenvalue weighted by atomic mass is 16.3. The molecule has 104 valence electrons. The summed E-state index contributed by atoms with van der Waals surface area (Å²) in [5.74, 6) is 0.123. The van der Waals surface area contributed by atoms with E-state index in [0.29, 0.717) is 12.1 Å². The van der Waals surface area contributed by atoms with E-state index >= 15 is 0 Å². The number of hydrogen-bond donors (Lipinski definition) is 2. The lowest BCUT2D eigenvalue weighted by atomic mass is 10.0. The maximum absolute atomic E-state index is 12.0. The van der Waals surface area contributed by atoms with Gasteiger partial charge in [0, 0.05) is 12.1 Å². The minimum atomic E-state index is -0.469. The molecule has 1 aromatic rings. The highest BCUT2D eigenvalue weighted by Crippen LogP contribution is 2.22. The molecule has 0 aromatic heterocycles. The Morgan fingerprint density at radius 1 is 1.37 bits per heavy atom. The molecule has 0 spiro atoms. The van der Waals surface area contributed by atoms with Gasteiger partial charge in [0.15, 0.2) is 0 Å². The van der Waals surface area contributed by atoms with Gasteiger partial charge in [0.05, 0.1) is 6.10 Å². The van der Waals surface area contributed by atoms with Gasteiger partial charge in [0.25, 0.3) is 5.91 Å². The van der Waals surface area contributed by atoms with Crippen LogP contribution in [0.3, 0.4) is 0 Å². The molecule has 1 aromatic carbocycles. The number of aliphatic hydroxyl groups excluding tert-OH is 1. The monoisotopic (exact) mass is 261 g/mol. The van der Waals surface area contributed by atoms with Crippen molar-refractivity contribution in [1.29, 1.82) is 0 Å². The molecule has 0 bridgehead atoms. The van der Waals surface area contributed by atoms with Crippen molar-refractivity contribution in [3.05, 3.63) is 34.9 Å².